The number of benzene rings is 2. The van der Waals surface area contributed by atoms with Crippen LogP contribution < -0.4 is 10.1 Å². The monoisotopic (exact) mass is 353 g/mol. The van der Waals surface area contributed by atoms with Gasteiger partial charge in [-0.1, -0.05) is 15.9 Å². The van der Waals surface area contributed by atoms with Crippen LogP contribution in [0.5, 0.6) is 5.75 Å². The standard InChI is InChI=1S/C16H17BrFNO2/c1-10-5-12(18)8-13(6-10)19-15(9-20)14-7-11(17)3-4-16(14)21-2/h3-8,15,19-20H,9H2,1-2H3. The van der Waals surface area contributed by atoms with Crippen LogP contribution in [0.2, 0.25) is 0 Å². The van der Waals surface area contributed by atoms with E-state index in [0.29, 0.717) is 11.4 Å². The van der Waals surface area contributed by atoms with E-state index in [9.17, 15) is 9.50 Å². The number of aryl methyl sites for hydroxylation is 1. The van der Waals surface area contributed by atoms with Gasteiger partial charge in [0.05, 0.1) is 19.8 Å². The van der Waals surface area contributed by atoms with E-state index in [1.807, 2.05) is 31.2 Å². The molecule has 0 aliphatic heterocycles. The number of nitrogens with one attached hydrogen (secondary N) is 1. The summed E-state index contributed by atoms with van der Waals surface area (Å²) >= 11 is 3.41. The lowest BCUT2D eigenvalue weighted by Crippen LogP contribution is -2.16. The molecule has 5 heteroatoms. The van der Waals surface area contributed by atoms with Crippen molar-refractivity contribution in [1.29, 1.82) is 0 Å². The van der Waals surface area contributed by atoms with E-state index in [-0.39, 0.29) is 12.4 Å². The molecule has 0 bridgehead atoms. The first-order chi connectivity index (χ1) is 10.0. The summed E-state index contributed by atoms with van der Waals surface area (Å²) in [5, 5.41) is 12.8. The van der Waals surface area contributed by atoms with Crippen LogP contribution in [0.25, 0.3) is 0 Å². The molecule has 0 aromatic heterocycles. The fraction of sp³-hybridized carbons (Fsp3) is 0.250. The van der Waals surface area contributed by atoms with Gasteiger partial charge in [0.2, 0.25) is 0 Å². The van der Waals surface area contributed by atoms with Crippen molar-refractivity contribution in [3.63, 3.8) is 0 Å². The lowest BCUT2D eigenvalue weighted by Gasteiger charge is -2.21. The normalized spacial score (nSPS) is 12.0. The van der Waals surface area contributed by atoms with Crippen LogP contribution in [0, 0.1) is 12.7 Å². The van der Waals surface area contributed by atoms with Gasteiger partial charge in [-0.05, 0) is 48.9 Å². The maximum atomic E-state index is 13.5. The van der Waals surface area contributed by atoms with Crippen LogP contribution in [0.3, 0.4) is 0 Å². The molecule has 0 fully saturated rings. The third-order valence-electron chi connectivity index (χ3n) is 3.13. The molecule has 2 N–H and O–H groups in total. The van der Waals surface area contributed by atoms with Gasteiger partial charge in [0, 0.05) is 15.7 Å². The first kappa shape index (κ1) is 15.8. The van der Waals surface area contributed by atoms with Crippen molar-refractivity contribution in [3.05, 3.63) is 57.8 Å². The van der Waals surface area contributed by atoms with Gasteiger partial charge in [0.15, 0.2) is 0 Å². The van der Waals surface area contributed by atoms with Crippen molar-refractivity contribution in [1.82, 2.24) is 0 Å². The molecule has 0 spiro atoms. The second-order valence-electron chi connectivity index (χ2n) is 4.78. The van der Waals surface area contributed by atoms with E-state index in [1.54, 1.807) is 7.11 Å². The Morgan fingerprint density at radius 2 is 2.05 bits per heavy atom. The van der Waals surface area contributed by atoms with Gasteiger partial charge in [-0.3, -0.25) is 0 Å². The molecule has 2 aromatic carbocycles. The molecule has 1 atom stereocenters. The number of rotatable bonds is 5. The number of hydrogen-bond acceptors (Lipinski definition) is 3. The number of anilines is 1. The highest BCUT2D eigenvalue weighted by Crippen LogP contribution is 2.31. The van der Waals surface area contributed by atoms with Crippen molar-refractivity contribution in [2.75, 3.05) is 19.0 Å². The minimum Gasteiger partial charge on any atom is -0.496 e. The number of halogens is 2. The number of ether oxygens (including phenoxy) is 1. The van der Waals surface area contributed by atoms with Crippen LogP contribution in [-0.4, -0.2) is 18.8 Å². The lowest BCUT2D eigenvalue weighted by molar-refractivity contribution is 0.273. The molecular weight excluding hydrogens is 337 g/mol. The van der Waals surface area contributed by atoms with Crippen molar-refractivity contribution < 1.29 is 14.2 Å². The first-order valence-electron chi connectivity index (χ1n) is 6.51. The minimum atomic E-state index is -0.390. The third-order valence-corrected chi connectivity index (χ3v) is 3.63. The zero-order valence-electron chi connectivity index (χ0n) is 11.9. The lowest BCUT2D eigenvalue weighted by atomic mass is 10.1. The summed E-state index contributed by atoms with van der Waals surface area (Å²) in [5.74, 6) is 0.355. The largest absolute Gasteiger partial charge is 0.496 e. The fourth-order valence-electron chi connectivity index (χ4n) is 2.22. The molecule has 1 unspecified atom stereocenters. The first-order valence-corrected chi connectivity index (χ1v) is 7.31. The van der Waals surface area contributed by atoms with E-state index >= 15 is 0 Å². The van der Waals surface area contributed by atoms with Gasteiger partial charge in [-0.2, -0.15) is 0 Å². The van der Waals surface area contributed by atoms with E-state index in [2.05, 4.69) is 21.2 Å². The molecule has 2 aromatic rings. The van der Waals surface area contributed by atoms with Crippen molar-refractivity contribution >= 4 is 21.6 Å². The Balaban J connectivity index is 2.33. The average molecular weight is 354 g/mol. The van der Waals surface area contributed by atoms with Crippen LogP contribution in [0.1, 0.15) is 17.2 Å². The van der Waals surface area contributed by atoms with Gasteiger partial charge in [0.25, 0.3) is 0 Å². The van der Waals surface area contributed by atoms with Crippen LogP contribution in [0.4, 0.5) is 10.1 Å². The average Bonchev–Trinajstić information content (AvgIpc) is 2.43. The van der Waals surface area contributed by atoms with Gasteiger partial charge in [-0.25, -0.2) is 4.39 Å². The van der Waals surface area contributed by atoms with Gasteiger partial charge >= 0.3 is 0 Å². The summed E-state index contributed by atoms with van der Waals surface area (Å²) in [6.45, 7) is 1.68. The Kier molecular flexibility index (Phi) is 5.20. The highest BCUT2D eigenvalue weighted by atomic mass is 79.9. The number of methoxy groups -OCH3 is 1. The summed E-state index contributed by atoms with van der Waals surface area (Å²) < 4.78 is 19.7. The Hall–Kier alpha value is -1.59. The van der Waals surface area contributed by atoms with Crippen molar-refractivity contribution in [2.45, 2.75) is 13.0 Å². The molecule has 112 valence electrons. The molecule has 3 nitrogen and oxygen atoms in total. The molecule has 21 heavy (non-hydrogen) atoms. The molecule has 0 saturated heterocycles. The minimum absolute atomic E-state index is 0.137. The van der Waals surface area contributed by atoms with E-state index in [4.69, 9.17) is 4.74 Å². The predicted octanol–water partition coefficient (Wildman–Crippen LogP) is 4.05. The maximum absolute atomic E-state index is 13.5. The van der Waals surface area contributed by atoms with Crippen molar-refractivity contribution in [3.8, 4) is 5.75 Å². The quantitative estimate of drug-likeness (QED) is 0.851. The molecule has 0 aliphatic carbocycles. The van der Waals surface area contributed by atoms with Crippen LogP contribution >= 0.6 is 15.9 Å². The van der Waals surface area contributed by atoms with Crippen molar-refractivity contribution in [2.24, 2.45) is 0 Å². The zero-order valence-corrected chi connectivity index (χ0v) is 13.4. The Bertz CT molecular complexity index is 613. The Labute approximate surface area is 131 Å². The molecule has 2 rings (SSSR count). The maximum Gasteiger partial charge on any atom is 0.125 e. The Morgan fingerprint density at radius 1 is 1.29 bits per heavy atom. The van der Waals surface area contributed by atoms with Gasteiger partial charge in [0.1, 0.15) is 11.6 Å². The fourth-order valence-corrected chi connectivity index (χ4v) is 2.60. The summed E-state index contributed by atoms with van der Waals surface area (Å²) in [7, 11) is 1.58. The Morgan fingerprint density at radius 3 is 2.67 bits per heavy atom. The van der Waals surface area contributed by atoms with E-state index < -0.39 is 6.04 Å². The second kappa shape index (κ2) is 6.91. The molecule has 0 radical (unpaired) electrons. The number of aliphatic hydroxyl groups excluding tert-OH is 1. The molecule has 0 saturated carbocycles. The highest BCUT2D eigenvalue weighted by molar-refractivity contribution is 9.10. The predicted molar refractivity (Wildman–Crippen MR) is 85.3 cm³/mol. The number of aliphatic hydroxyl groups is 1. The van der Waals surface area contributed by atoms with Crippen LogP contribution in [-0.2, 0) is 0 Å². The second-order valence-corrected chi connectivity index (χ2v) is 5.70. The van der Waals surface area contributed by atoms with Crippen LogP contribution in [0.15, 0.2) is 40.9 Å². The molecule has 0 heterocycles. The van der Waals surface area contributed by atoms with E-state index in [1.165, 1.54) is 12.1 Å². The summed E-state index contributed by atoms with van der Waals surface area (Å²) in [4.78, 5) is 0. The molecule has 0 amide bonds. The van der Waals surface area contributed by atoms with E-state index in [0.717, 1.165) is 15.6 Å². The smallest absolute Gasteiger partial charge is 0.125 e. The highest BCUT2D eigenvalue weighted by Gasteiger charge is 2.16. The van der Waals surface area contributed by atoms with Gasteiger partial charge in [-0.15, -0.1) is 0 Å². The number of hydrogen-bond donors (Lipinski definition) is 2. The SMILES string of the molecule is COc1ccc(Br)cc1C(CO)Nc1cc(C)cc(F)c1. The summed E-state index contributed by atoms with van der Waals surface area (Å²) in [6.07, 6.45) is 0. The van der Waals surface area contributed by atoms with Gasteiger partial charge < -0.3 is 15.2 Å². The molecule has 0 aliphatic rings. The summed E-state index contributed by atoms with van der Waals surface area (Å²) in [5.41, 5.74) is 2.24. The third kappa shape index (κ3) is 3.95. The zero-order chi connectivity index (χ0) is 15.4. The topological polar surface area (TPSA) is 41.5 Å². The summed E-state index contributed by atoms with van der Waals surface area (Å²) in [6, 6.07) is 9.86. The molecular formula is C16H17BrFNO2.